The minimum atomic E-state index is -0.886. The van der Waals surface area contributed by atoms with Crippen molar-refractivity contribution in [2.75, 3.05) is 44.3 Å². The van der Waals surface area contributed by atoms with E-state index >= 15 is 0 Å². The number of fused-ring (bicyclic) bond motifs is 1. The van der Waals surface area contributed by atoms with Crippen molar-refractivity contribution in [3.8, 4) is 0 Å². The zero-order valence-corrected chi connectivity index (χ0v) is 18.6. The van der Waals surface area contributed by atoms with Crippen LogP contribution in [-0.4, -0.2) is 55.2 Å². The van der Waals surface area contributed by atoms with E-state index in [4.69, 9.17) is 16.3 Å². The number of carbonyl (C=O) groups is 1. The third-order valence-electron chi connectivity index (χ3n) is 5.33. The molecule has 1 aromatic heterocycles. The fraction of sp³-hybridized carbons (Fsp3) is 0.364. The van der Waals surface area contributed by atoms with E-state index in [9.17, 15) is 13.6 Å². The van der Waals surface area contributed by atoms with Crippen LogP contribution in [0, 0.1) is 18.6 Å². The molecule has 0 aliphatic carbocycles. The fourth-order valence-electron chi connectivity index (χ4n) is 3.57. The van der Waals surface area contributed by atoms with Gasteiger partial charge in [-0.2, -0.15) is 0 Å². The number of carbonyl (C=O) groups excluding carboxylic acids is 1. The van der Waals surface area contributed by atoms with E-state index in [2.05, 4.69) is 9.88 Å². The van der Waals surface area contributed by atoms with Crippen LogP contribution in [0.2, 0.25) is 5.02 Å². The van der Waals surface area contributed by atoms with E-state index in [0.29, 0.717) is 36.3 Å². The van der Waals surface area contributed by atoms with Crippen molar-refractivity contribution in [1.82, 2.24) is 9.88 Å². The predicted octanol–water partition coefficient (Wildman–Crippen LogP) is 4.91. The predicted molar refractivity (Wildman–Crippen MR) is 119 cm³/mol. The Labute approximate surface area is 188 Å². The highest BCUT2D eigenvalue weighted by atomic mass is 35.5. The number of rotatable bonds is 6. The summed E-state index contributed by atoms with van der Waals surface area (Å²) in [7, 11) is 0. The first-order chi connectivity index (χ1) is 14.9. The first-order valence-corrected chi connectivity index (χ1v) is 11.3. The van der Waals surface area contributed by atoms with Gasteiger partial charge in [0.1, 0.15) is 11.6 Å². The number of amides is 1. The van der Waals surface area contributed by atoms with Crippen LogP contribution >= 0.6 is 22.9 Å². The van der Waals surface area contributed by atoms with E-state index in [1.54, 1.807) is 6.07 Å². The van der Waals surface area contributed by atoms with E-state index in [1.807, 2.05) is 13.0 Å². The van der Waals surface area contributed by atoms with Crippen molar-refractivity contribution in [3.63, 3.8) is 0 Å². The Balaban J connectivity index is 1.63. The Kier molecular flexibility index (Phi) is 6.81. The summed E-state index contributed by atoms with van der Waals surface area (Å²) in [5, 5.41) is 1.06. The normalized spacial score (nSPS) is 14.8. The second kappa shape index (κ2) is 9.56. The third-order valence-corrected chi connectivity index (χ3v) is 6.79. The zero-order valence-electron chi connectivity index (χ0n) is 17.0. The molecule has 31 heavy (non-hydrogen) atoms. The van der Waals surface area contributed by atoms with Gasteiger partial charge < -0.3 is 4.74 Å². The first-order valence-electron chi connectivity index (χ1n) is 10.1. The lowest BCUT2D eigenvalue weighted by molar-refractivity contribution is 0.0376. The molecule has 1 fully saturated rings. The van der Waals surface area contributed by atoms with E-state index in [1.165, 1.54) is 22.3 Å². The summed E-state index contributed by atoms with van der Waals surface area (Å²) in [6.07, 6.45) is 0.685. The van der Waals surface area contributed by atoms with Crippen LogP contribution in [0.5, 0.6) is 0 Å². The van der Waals surface area contributed by atoms with Crippen LogP contribution < -0.4 is 4.90 Å². The molecule has 4 rings (SSSR count). The highest BCUT2D eigenvalue weighted by Gasteiger charge is 2.25. The minimum absolute atomic E-state index is 0.179. The molecule has 0 spiro atoms. The first kappa shape index (κ1) is 22.1. The lowest BCUT2D eigenvalue weighted by atomic mass is 10.1. The van der Waals surface area contributed by atoms with Crippen LogP contribution in [0.3, 0.4) is 0 Å². The van der Waals surface area contributed by atoms with Gasteiger partial charge in [-0.05, 0) is 43.2 Å². The summed E-state index contributed by atoms with van der Waals surface area (Å²) in [6.45, 7) is 6.11. The van der Waals surface area contributed by atoms with Crippen molar-refractivity contribution >= 4 is 44.2 Å². The molecule has 0 N–H and O–H groups in total. The number of aryl methyl sites for hydroxylation is 1. The lowest BCUT2D eigenvalue weighted by Crippen LogP contribution is -2.39. The van der Waals surface area contributed by atoms with Gasteiger partial charge in [-0.15, -0.1) is 0 Å². The molecule has 3 aromatic rings. The quantitative estimate of drug-likeness (QED) is 0.519. The second-order valence-electron chi connectivity index (χ2n) is 7.40. The fourth-order valence-corrected chi connectivity index (χ4v) is 4.78. The minimum Gasteiger partial charge on any atom is -0.379 e. The largest absolute Gasteiger partial charge is 0.379 e. The van der Waals surface area contributed by atoms with Gasteiger partial charge in [-0.3, -0.25) is 14.6 Å². The summed E-state index contributed by atoms with van der Waals surface area (Å²) < 4.78 is 34.0. The summed E-state index contributed by atoms with van der Waals surface area (Å²) in [5.74, 6) is -2.15. The molecule has 1 saturated heterocycles. The van der Waals surface area contributed by atoms with Crippen LogP contribution in [0.4, 0.5) is 13.9 Å². The van der Waals surface area contributed by atoms with Crippen LogP contribution in [0.1, 0.15) is 22.3 Å². The Morgan fingerprint density at radius 1 is 1.26 bits per heavy atom. The topological polar surface area (TPSA) is 45.7 Å². The Bertz CT molecular complexity index is 1100. The van der Waals surface area contributed by atoms with Gasteiger partial charge in [-0.25, -0.2) is 13.8 Å². The van der Waals surface area contributed by atoms with E-state index < -0.39 is 17.5 Å². The highest BCUT2D eigenvalue weighted by Crippen LogP contribution is 2.34. The number of halogens is 3. The molecule has 0 atom stereocenters. The van der Waals surface area contributed by atoms with Gasteiger partial charge in [0.2, 0.25) is 0 Å². The summed E-state index contributed by atoms with van der Waals surface area (Å²) >= 11 is 7.57. The maximum Gasteiger partial charge on any atom is 0.263 e. The number of benzene rings is 2. The molecule has 9 heteroatoms. The summed E-state index contributed by atoms with van der Waals surface area (Å²) in [5.41, 5.74) is 1.37. The molecule has 164 valence electrons. The smallest absolute Gasteiger partial charge is 0.263 e. The van der Waals surface area contributed by atoms with Crippen molar-refractivity contribution in [1.29, 1.82) is 0 Å². The van der Waals surface area contributed by atoms with Gasteiger partial charge >= 0.3 is 0 Å². The van der Waals surface area contributed by atoms with Gasteiger partial charge in [-0.1, -0.05) is 22.9 Å². The number of morpholine rings is 1. The molecule has 1 aliphatic rings. The van der Waals surface area contributed by atoms with Crippen LogP contribution in [0.15, 0.2) is 30.3 Å². The van der Waals surface area contributed by atoms with Crippen molar-refractivity contribution in [3.05, 3.63) is 58.1 Å². The second-order valence-corrected chi connectivity index (χ2v) is 8.82. The molecule has 0 unspecified atom stereocenters. The molecule has 0 radical (unpaired) electrons. The maximum absolute atomic E-state index is 14.4. The molecule has 2 heterocycles. The maximum atomic E-state index is 14.4. The molecule has 1 aliphatic heterocycles. The monoisotopic (exact) mass is 465 g/mol. The van der Waals surface area contributed by atoms with Crippen molar-refractivity contribution in [2.24, 2.45) is 0 Å². The van der Waals surface area contributed by atoms with Crippen molar-refractivity contribution in [2.45, 2.75) is 13.3 Å². The number of nitrogens with zero attached hydrogens (tertiary/aromatic N) is 3. The highest BCUT2D eigenvalue weighted by molar-refractivity contribution is 7.22. The molecule has 5 nitrogen and oxygen atoms in total. The Morgan fingerprint density at radius 2 is 2.03 bits per heavy atom. The summed E-state index contributed by atoms with van der Waals surface area (Å²) in [6, 6.07) is 6.65. The average molecular weight is 466 g/mol. The van der Waals surface area contributed by atoms with Crippen molar-refractivity contribution < 1.29 is 18.3 Å². The zero-order chi connectivity index (χ0) is 22.0. The third kappa shape index (κ3) is 4.87. The lowest BCUT2D eigenvalue weighted by Gasteiger charge is -2.27. The number of thiazole rings is 1. The standard InChI is InChI=1S/C22H22ClF2N3O2S/c1-14-17(23)5-6-19-20(14)26-22(31-19)28(8-2-7-27-9-11-30-12-10-27)21(29)16-4-3-15(24)13-18(16)25/h3-6,13H,2,7-12H2,1H3. The number of anilines is 1. The number of ether oxygens (including phenoxy) is 1. The number of aromatic nitrogens is 1. The Hall–Kier alpha value is -2.13. The molecule has 1 amide bonds. The molecule has 2 aromatic carbocycles. The molecule has 0 bridgehead atoms. The van der Waals surface area contributed by atoms with Crippen LogP contribution in [-0.2, 0) is 4.74 Å². The van der Waals surface area contributed by atoms with E-state index in [0.717, 1.165) is 47.5 Å². The molecular weight excluding hydrogens is 444 g/mol. The molecular formula is C22H22ClF2N3O2S. The van der Waals surface area contributed by atoms with Gasteiger partial charge in [0.05, 0.1) is 29.0 Å². The van der Waals surface area contributed by atoms with Gasteiger partial charge in [0.15, 0.2) is 5.13 Å². The number of hydrogen-bond acceptors (Lipinski definition) is 5. The average Bonchev–Trinajstić information content (AvgIpc) is 3.19. The van der Waals surface area contributed by atoms with Gasteiger partial charge in [0, 0.05) is 37.3 Å². The van der Waals surface area contributed by atoms with E-state index in [-0.39, 0.29) is 5.56 Å². The van der Waals surface area contributed by atoms with Gasteiger partial charge in [0.25, 0.3) is 5.91 Å². The number of hydrogen-bond donors (Lipinski definition) is 0. The molecule has 0 saturated carbocycles. The SMILES string of the molecule is Cc1c(Cl)ccc2sc(N(CCCN3CCOCC3)C(=O)c3ccc(F)cc3F)nc12. The summed E-state index contributed by atoms with van der Waals surface area (Å²) in [4.78, 5) is 21.7. The van der Waals surface area contributed by atoms with Crippen LogP contribution in [0.25, 0.3) is 10.2 Å². The Morgan fingerprint density at radius 3 is 2.77 bits per heavy atom.